The summed E-state index contributed by atoms with van der Waals surface area (Å²) in [5, 5.41) is 10.5. The average molecular weight is 206 g/mol. The van der Waals surface area contributed by atoms with E-state index in [2.05, 4.69) is 41.8 Å². The quantitative estimate of drug-likeness (QED) is 0.543. The van der Waals surface area contributed by atoms with Crippen molar-refractivity contribution in [2.24, 2.45) is 10.7 Å². The molecule has 1 aromatic carbocycles. The minimum absolute atomic E-state index is 1.18. The van der Waals surface area contributed by atoms with E-state index < -0.39 is 0 Å². The van der Waals surface area contributed by atoms with Gasteiger partial charge < -0.3 is 11.1 Å². The Hall–Kier alpha value is -1.86. The predicted molar refractivity (Wildman–Crippen MR) is 66.0 cm³/mol. The number of hydrogen-bond donors (Lipinski definition) is 2. The van der Waals surface area contributed by atoms with Crippen LogP contribution in [0.3, 0.4) is 0 Å². The highest BCUT2D eigenvalue weighted by Gasteiger charge is 1.84. The first kappa shape index (κ1) is 15.6. The molecule has 0 bridgehead atoms. The summed E-state index contributed by atoms with van der Waals surface area (Å²) in [6, 6.07) is 8.29. The molecule has 0 radical (unpaired) electrons. The highest BCUT2D eigenvalue weighted by Crippen LogP contribution is 2.07. The highest BCUT2D eigenvalue weighted by atomic mass is 14.8. The monoisotopic (exact) mass is 206 g/mol. The van der Waals surface area contributed by atoms with E-state index in [4.69, 9.17) is 5.26 Å². The first-order valence-corrected chi connectivity index (χ1v) is 4.41. The van der Waals surface area contributed by atoms with Crippen LogP contribution in [0, 0.1) is 18.4 Å². The predicted octanol–water partition coefficient (Wildman–Crippen LogP) is 1.78. The Kier molecular flexibility index (Phi) is 12.6. The van der Waals surface area contributed by atoms with Crippen LogP contribution in [-0.2, 0) is 0 Å². The molecule has 4 heteroatoms. The van der Waals surface area contributed by atoms with Crippen molar-refractivity contribution in [3.8, 4) is 6.19 Å². The maximum atomic E-state index is 7.40. The zero-order valence-electron chi connectivity index (χ0n) is 9.49. The number of nitrogens with one attached hydrogen (secondary N) is 1. The van der Waals surface area contributed by atoms with Gasteiger partial charge in [-0.2, -0.15) is 10.3 Å². The van der Waals surface area contributed by atoms with Crippen LogP contribution in [0.1, 0.15) is 5.56 Å². The number of benzene rings is 1. The number of anilines is 1. The molecule has 0 fully saturated rings. The Bertz CT molecular complexity index is 302. The molecule has 0 aromatic heterocycles. The smallest absolute Gasteiger partial charge is 0.205 e. The third-order valence-electron chi connectivity index (χ3n) is 1.38. The first-order valence-electron chi connectivity index (χ1n) is 4.41. The lowest BCUT2D eigenvalue weighted by Crippen LogP contribution is -1.86. The van der Waals surface area contributed by atoms with E-state index >= 15 is 0 Å². The number of aliphatic imine (C=N–C) groups is 1. The van der Waals surface area contributed by atoms with E-state index in [9.17, 15) is 0 Å². The van der Waals surface area contributed by atoms with Crippen LogP contribution in [0.15, 0.2) is 29.3 Å². The van der Waals surface area contributed by atoms with Crippen molar-refractivity contribution in [1.82, 2.24) is 0 Å². The van der Waals surface area contributed by atoms with Gasteiger partial charge in [0.2, 0.25) is 6.19 Å². The summed E-state index contributed by atoms with van der Waals surface area (Å²) in [5.41, 5.74) is 6.97. The van der Waals surface area contributed by atoms with E-state index in [0.717, 1.165) is 0 Å². The van der Waals surface area contributed by atoms with Gasteiger partial charge in [0.25, 0.3) is 0 Å². The lowest BCUT2D eigenvalue weighted by molar-refractivity contribution is 1.43. The van der Waals surface area contributed by atoms with Gasteiger partial charge in [0.15, 0.2) is 0 Å². The van der Waals surface area contributed by atoms with Crippen molar-refractivity contribution in [3.05, 3.63) is 29.8 Å². The van der Waals surface area contributed by atoms with E-state index in [1.54, 1.807) is 0 Å². The Labute approximate surface area is 91.4 Å². The molecule has 1 rings (SSSR count). The molecule has 0 aliphatic rings. The fraction of sp³-hybridized carbons (Fsp3) is 0.273. The van der Waals surface area contributed by atoms with Crippen LogP contribution >= 0.6 is 0 Å². The van der Waals surface area contributed by atoms with Crippen LogP contribution in [0.25, 0.3) is 0 Å². The summed E-state index contributed by atoms with van der Waals surface area (Å²) in [5.74, 6) is 0. The SMILES string of the molecule is C=NC#N.CN.CNc1cccc(C)c1. The summed E-state index contributed by atoms with van der Waals surface area (Å²) >= 11 is 0. The summed E-state index contributed by atoms with van der Waals surface area (Å²) in [4.78, 5) is 2.79. The number of nitrogens with two attached hydrogens (primary N) is 1. The first-order chi connectivity index (χ1) is 7.24. The lowest BCUT2D eigenvalue weighted by atomic mass is 10.2. The average Bonchev–Trinajstić information content (AvgIpc) is 2.32. The molecule has 1 aromatic rings. The van der Waals surface area contributed by atoms with E-state index in [-0.39, 0.29) is 0 Å². The standard InChI is InChI=1S/C8H11N.C2H2N2.CH5N/c1-7-4-3-5-8(6-7)9-2;1-4-2-3;1-2/h3-6,9H,1-2H3;1H2;2H2,1H3. The minimum atomic E-state index is 1.18. The fourth-order valence-electron chi connectivity index (χ4n) is 0.801. The van der Waals surface area contributed by atoms with Crippen molar-refractivity contribution in [1.29, 1.82) is 5.26 Å². The van der Waals surface area contributed by atoms with Gasteiger partial charge in [0.1, 0.15) is 0 Å². The summed E-state index contributed by atoms with van der Waals surface area (Å²) in [7, 11) is 3.43. The molecule has 15 heavy (non-hydrogen) atoms. The van der Waals surface area contributed by atoms with Gasteiger partial charge in [-0.15, -0.1) is 0 Å². The maximum Gasteiger partial charge on any atom is 0.205 e. The van der Waals surface area contributed by atoms with E-state index in [1.807, 2.05) is 19.2 Å². The molecule has 0 saturated heterocycles. The number of aryl methyl sites for hydroxylation is 1. The minimum Gasteiger partial charge on any atom is -0.388 e. The normalized spacial score (nSPS) is 6.87. The molecule has 4 nitrogen and oxygen atoms in total. The molecular weight excluding hydrogens is 188 g/mol. The second-order valence-corrected chi connectivity index (χ2v) is 2.38. The fourth-order valence-corrected chi connectivity index (χ4v) is 0.801. The van der Waals surface area contributed by atoms with Crippen LogP contribution < -0.4 is 11.1 Å². The van der Waals surface area contributed by atoms with Crippen molar-refractivity contribution < 1.29 is 0 Å². The summed E-state index contributed by atoms with van der Waals surface area (Å²) in [6.45, 7) is 4.95. The molecule has 0 unspecified atom stereocenters. The third kappa shape index (κ3) is 10.1. The van der Waals surface area contributed by atoms with Crippen LogP contribution in [0.2, 0.25) is 0 Å². The Morgan fingerprint density at radius 2 is 2.00 bits per heavy atom. The molecule has 82 valence electrons. The van der Waals surface area contributed by atoms with Crippen LogP contribution in [0.5, 0.6) is 0 Å². The molecule has 0 spiro atoms. The molecular formula is C11H18N4. The van der Waals surface area contributed by atoms with Gasteiger partial charge in [-0.3, -0.25) is 0 Å². The lowest BCUT2D eigenvalue weighted by Gasteiger charge is -1.98. The van der Waals surface area contributed by atoms with Crippen molar-refractivity contribution >= 4 is 12.4 Å². The second kappa shape index (κ2) is 12.1. The zero-order valence-corrected chi connectivity index (χ0v) is 9.49. The van der Waals surface area contributed by atoms with Crippen LogP contribution in [-0.4, -0.2) is 20.8 Å². The number of hydrogen-bond acceptors (Lipinski definition) is 4. The van der Waals surface area contributed by atoms with Crippen molar-refractivity contribution in [2.45, 2.75) is 6.92 Å². The van der Waals surface area contributed by atoms with Gasteiger partial charge in [-0.05, 0) is 31.7 Å². The highest BCUT2D eigenvalue weighted by molar-refractivity contribution is 5.44. The number of rotatable bonds is 1. The molecule has 0 heterocycles. The molecule has 0 atom stereocenters. The molecule has 0 aliphatic heterocycles. The Balaban J connectivity index is 0. The topological polar surface area (TPSA) is 74.2 Å². The van der Waals surface area contributed by atoms with Gasteiger partial charge in [-0.1, -0.05) is 12.1 Å². The Morgan fingerprint density at radius 1 is 1.47 bits per heavy atom. The van der Waals surface area contributed by atoms with Crippen molar-refractivity contribution in [2.75, 3.05) is 19.4 Å². The molecule has 0 aliphatic carbocycles. The molecule has 3 N–H and O–H groups in total. The van der Waals surface area contributed by atoms with Gasteiger partial charge in [-0.25, -0.2) is 0 Å². The number of nitriles is 1. The second-order valence-electron chi connectivity index (χ2n) is 2.38. The van der Waals surface area contributed by atoms with Crippen molar-refractivity contribution in [3.63, 3.8) is 0 Å². The summed E-state index contributed by atoms with van der Waals surface area (Å²) < 4.78 is 0. The van der Waals surface area contributed by atoms with Gasteiger partial charge in [0.05, 0.1) is 0 Å². The maximum absolute atomic E-state index is 7.40. The Morgan fingerprint density at radius 3 is 2.27 bits per heavy atom. The number of nitrogens with zero attached hydrogens (tertiary/aromatic N) is 2. The molecule has 0 saturated carbocycles. The van der Waals surface area contributed by atoms with E-state index in [1.165, 1.54) is 24.5 Å². The summed E-state index contributed by atoms with van der Waals surface area (Å²) in [6.07, 6.45) is 1.44. The zero-order chi connectivity index (χ0) is 12.1. The van der Waals surface area contributed by atoms with E-state index in [0.29, 0.717) is 0 Å². The largest absolute Gasteiger partial charge is 0.388 e. The van der Waals surface area contributed by atoms with Gasteiger partial charge >= 0.3 is 0 Å². The molecule has 0 amide bonds. The third-order valence-corrected chi connectivity index (χ3v) is 1.38. The van der Waals surface area contributed by atoms with Crippen LogP contribution in [0.4, 0.5) is 5.69 Å². The van der Waals surface area contributed by atoms with Gasteiger partial charge in [0, 0.05) is 19.5 Å².